The lowest BCUT2D eigenvalue weighted by atomic mass is 9.87. The molecule has 0 saturated heterocycles. The standard InChI is InChI=1S/C21H28ClNO3S/c1-2-3-4-8-11-20(17-9-6-5-7-10-17)21(16-24)23-27(25,26)19-14-12-18(22)13-15-19/h5-7,9-10,12-15,20-21,23-24H,2-4,8,11,16H2,1H3/t20-,21?/m0/s1. The molecule has 0 fully saturated rings. The number of benzene rings is 2. The summed E-state index contributed by atoms with van der Waals surface area (Å²) < 4.78 is 28.2. The van der Waals surface area contributed by atoms with Crippen molar-refractivity contribution in [2.24, 2.45) is 0 Å². The molecule has 0 saturated carbocycles. The number of halogens is 1. The van der Waals surface area contributed by atoms with Crippen molar-refractivity contribution >= 4 is 21.6 Å². The summed E-state index contributed by atoms with van der Waals surface area (Å²) in [6.07, 6.45) is 5.21. The number of hydrogen-bond donors (Lipinski definition) is 2. The van der Waals surface area contributed by atoms with Gasteiger partial charge in [0.2, 0.25) is 10.0 Å². The van der Waals surface area contributed by atoms with E-state index in [1.807, 2.05) is 30.3 Å². The summed E-state index contributed by atoms with van der Waals surface area (Å²) in [4.78, 5) is 0.142. The summed E-state index contributed by atoms with van der Waals surface area (Å²) in [5, 5.41) is 10.4. The van der Waals surface area contributed by atoms with Crippen LogP contribution in [0.15, 0.2) is 59.5 Å². The van der Waals surface area contributed by atoms with Crippen LogP contribution in [0.3, 0.4) is 0 Å². The number of sulfonamides is 1. The van der Waals surface area contributed by atoms with Crippen LogP contribution in [0.5, 0.6) is 0 Å². The molecule has 2 aromatic carbocycles. The van der Waals surface area contributed by atoms with Crippen LogP contribution < -0.4 is 4.72 Å². The van der Waals surface area contributed by atoms with Gasteiger partial charge in [0.1, 0.15) is 0 Å². The molecule has 0 heterocycles. The van der Waals surface area contributed by atoms with Gasteiger partial charge < -0.3 is 5.11 Å². The second-order valence-electron chi connectivity index (χ2n) is 6.73. The molecule has 2 N–H and O–H groups in total. The first kappa shape index (κ1) is 21.9. The molecule has 0 bridgehead atoms. The van der Waals surface area contributed by atoms with Crippen molar-refractivity contribution in [2.45, 2.75) is 55.9 Å². The number of aliphatic hydroxyl groups excluding tert-OH is 1. The van der Waals surface area contributed by atoms with Crippen molar-refractivity contribution in [3.05, 3.63) is 65.2 Å². The molecule has 0 spiro atoms. The first-order chi connectivity index (χ1) is 13.0. The lowest BCUT2D eigenvalue weighted by Gasteiger charge is -2.27. The van der Waals surface area contributed by atoms with E-state index in [1.165, 1.54) is 12.1 Å². The highest BCUT2D eigenvalue weighted by Crippen LogP contribution is 2.27. The van der Waals surface area contributed by atoms with Gasteiger partial charge in [-0.15, -0.1) is 0 Å². The summed E-state index contributed by atoms with van der Waals surface area (Å²) in [6.45, 7) is 1.89. The molecule has 0 amide bonds. The van der Waals surface area contributed by atoms with Crippen molar-refractivity contribution in [1.82, 2.24) is 4.72 Å². The zero-order valence-corrected chi connectivity index (χ0v) is 17.2. The van der Waals surface area contributed by atoms with Crippen LogP contribution in [0.4, 0.5) is 0 Å². The van der Waals surface area contributed by atoms with Crippen molar-refractivity contribution in [1.29, 1.82) is 0 Å². The molecule has 2 aromatic rings. The first-order valence-electron chi connectivity index (χ1n) is 9.41. The highest BCUT2D eigenvalue weighted by atomic mass is 35.5. The Bertz CT molecular complexity index is 779. The molecule has 2 rings (SSSR count). The minimum Gasteiger partial charge on any atom is -0.395 e. The van der Waals surface area contributed by atoms with E-state index in [0.29, 0.717) is 5.02 Å². The third-order valence-corrected chi connectivity index (χ3v) is 6.47. The van der Waals surface area contributed by atoms with Gasteiger partial charge in [0.05, 0.1) is 17.5 Å². The van der Waals surface area contributed by atoms with Crippen LogP contribution in [0.25, 0.3) is 0 Å². The Hall–Kier alpha value is -1.40. The fourth-order valence-corrected chi connectivity index (χ4v) is 4.61. The van der Waals surface area contributed by atoms with Crippen molar-refractivity contribution in [2.75, 3.05) is 6.61 Å². The number of hydrogen-bond acceptors (Lipinski definition) is 3. The summed E-state index contributed by atoms with van der Waals surface area (Å²) >= 11 is 5.85. The average molecular weight is 410 g/mol. The second-order valence-corrected chi connectivity index (χ2v) is 8.88. The summed E-state index contributed by atoms with van der Waals surface area (Å²) in [6, 6.07) is 15.2. The largest absolute Gasteiger partial charge is 0.395 e. The molecule has 0 aliphatic carbocycles. The number of unbranched alkanes of at least 4 members (excludes halogenated alkanes) is 3. The van der Waals surface area contributed by atoms with Gasteiger partial charge in [0, 0.05) is 10.9 Å². The van der Waals surface area contributed by atoms with Crippen LogP contribution in [0.2, 0.25) is 5.02 Å². The van der Waals surface area contributed by atoms with E-state index in [9.17, 15) is 13.5 Å². The highest BCUT2D eigenvalue weighted by Gasteiger charge is 2.27. The second kappa shape index (κ2) is 10.8. The van der Waals surface area contributed by atoms with Gasteiger partial charge in [0.25, 0.3) is 0 Å². The fourth-order valence-electron chi connectivity index (χ4n) is 3.22. The first-order valence-corrected chi connectivity index (χ1v) is 11.3. The molecule has 0 aliphatic rings. The average Bonchev–Trinajstić information content (AvgIpc) is 2.67. The van der Waals surface area contributed by atoms with Crippen LogP contribution in [0.1, 0.15) is 50.5 Å². The molecule has 27 heavy (non-hydrogen) atoms. The van der Waals surface area contributed by atoms with E-state index >= 15 is 0 Å². The Morgan fingerprint density at radius 2 is 1.67 bits per heavy atom. The summed E-state index contributed by atoms with van der Waals surface area (Å²) in [7, 11) is -3.75. The van der Waals surface area contributed by atoms with E-state index in [1.54, 1.807) is 12.1 Å². The number of aliphatic hydroxyl groups is 1. The zero-order chi connectivity index (χ0) is 19.7. The third kappa shape index (κ3) is 6.61. The minimum absolute atomic E-state index is 0.0878. The predicted molar refractivity (Wildman–Crippen MR) is 111 cm³/mol. The molecule has 0 aliphatic heterocycles. The van der Waals surface area contributed by atoms with Crippen LogP contribution in [-0.2, 0) is 10.0 Å². The topological polar surface area (TPSA) is 66.4 Å². The Morgan fingerprint density at radius 1 is 1.00 bits per heavy atom. The molecular formula is C21H28ClNO3S. The maximum atomic E-state index is 12.8. The van der Waals surface area contributed by atoms with Crippen molar-refractivity contribution in [3.8, 4) is 0 Å². The summed E-state index contributed by atoms with van der Waals surface area (Å²) in [5.41, 5.74) is 1.03. The van der Waals surface area contributed by atoms with Crippen molar-refractivity contribution < 1.29 is 13.5 Å². The zero-order valence-electron chi connectivity index (χ0n) is 15.6. The maximum Gasteiger partial charge on any atom is 0.240 e. The molecular weight excluding hydrogens is 382 g/mol. The fraction of sp³-hybridized carbons (Fsp3) is 0.429. The van der Waals surface area contributed by atoms with Crippen LogP contribution in [0, 0.1) is 0 Å². The van der Waals surface area contributed by atoms with Gasteiger partial charge in [-0.25, -0.2) is 13.1 Å². The van der Waals surface area contributed by atoms with E-state index in [-0.39, 0.29) is 17.4 Å². The molecule has 1 unspecified atom stereocenters. The van der Waals surface area contributed by atoms with E-state index < -0.39 is 16.1 Å². The van der Waals surface area contributed by atoms with Gasteiger partial charge in [-0.05, 0) is 36.2 Å². The van der Waals surface area contributed by atoms with Gasteiger partial charge in [-0.3, -0.25) is 0 Å². The van der Waals surface area contributed by atoms with Crippen LogP contribution >= 0.6 is 11.6 Å². The molecule has 4 nitrogen and oxygen atoms in total. The number of rotatable bonds is 11. The molecule has 148 valence electrons. The van der Waals surface area contributed by atoms with Crippen molar-refractivity contribution in [3.63, 3.8) is 0 Å². The molecule has 6 heteroatoms. The monoisotopic (exact) mass is 409 g/mol. The van der Waals surface area contributed by atoms with E-state index in [2.05, 4.69) is 11.6 Å². The molecule has 0 aromatic heterocycles. The lowest BCUT2D eigenvalue weighted by Crippen LogP contribution is -2.41. The minimum atomic E-state index is -3.75. The Balaban J connectivity index is 2.21. The van der Waals surface area contributed by atoms with Gasteiger partial charge in [0.15, 0.2) is 0 Å². The molecule has 2 atom stereocenters. The smallest absolute Gasteiger partial charge is 0.240 e. The maximum absolute atomic E-state index is 12.8. The normalized spacial score (nSPS) is 14.0. The Morgan fingerprint density at radius 3 is 2.26 bits per heavy atom. The quantitative estimate of drug-likeness (QED) is 0.527. The van der Waals surface area contributed by atoms with E-state index in [0.717, 1.165) is 37.7 Å². The Kier molecular flexibility index (Phi) is 8.77. The van der Waals surface area contributed by atoms with Gasteiger partial charge in [-0.2, -0.15) is 0 Å². The lowest BCUT2D eigenvalue weighted by molar-refractivity contribution is 0.233. The predicted octanol–water partition coefficient (Wildman–Crippen LogP) is 4.73. The molecule has 0 radical (unpaired) electrons. The Labute approximate surface area is 167 Å². The number of nitrogens with one attached hydrogen (secondary N) is 1. The van der Waals surface area contributed by atoms with Gasteiger partial charge >= 0.3 is 0 Å². The SMILES string of the molecule is CCCCCC[C@@H](c1ccccc1)C(CO)NS(=O)(=O)c1ccc(Cl)cc1. The van der Waals surface area contributed by atoms with Gasteiger partial charge in [-0.1, -0.05) is 74.5 Å². The highest BCUT2D eigenvalue weighted by molar-refractivity contribution is 7.89. The summed E-state index contributed by atoms with van der Waals surface area (Å²) in [5.74, 6) is -0.0878. The van der Waals surface area contributed by atoms with Crippen LogP contribution in [-0.4, -0.2) is 26.2 Å². The third-order valence-electron chi connectivity index (χ3n) is 4.71. The van der Waals surface area contributed by atoms with E-state index in [4.69, 9.17) is 11.6 Å².